The van der Waals surface area contributed by atoms with E-state index in [1.54, 1.807) is 19.9 Å². The average Bonchev–Trinajstić information content (AvgIpc) is 2.60. The summed E-state index contributed by atoms with van der Waals surface area (Å²) in [6.45, 7) is 3.39. The number of anilines is 1. The summed E-state index contributed by atoms with van der Waals surface area (Å²) in [5, 5.41) is 44.0. The van der Waals surface area contributed by atoms with Crippen LogP contribution in [0.1, 0.15) is 25.3 Å². The molecule has 1 aliphatic heterocycles. The summed E-state index contributed by atoms with van der Waals surface area (Å²) in [6.07, 6.45) is 0. The monoisotopic (exact) mass is 379 g/mol. The number of hydrogen-bond acceptors (Lipinski definition) is 10. The number of rotatable bonds is 7. The maximum Gasteiger partial charge on any atom is 0.336 e. The third-order valence-corrected chi connectivity index (χ3v) is 4.10. The molecule has 10 nitrogen and oxygen atoms in total. The second kappa shape index (κ2) is 8.84. The van der Waals surface area contributed by atoms with Crippen molar-refractivity contribution < 1.29 is 24.7 Å². The molecule has 1 aliphatic rings. The van der Waals surface area contributed by atoms with E-state index in [1.807, 2.05) is 0 Å². The number of hydroxylamine groups is 2. The van der Waals surface area contributed by atoms with Gasteiger partial charge in [0.15, 0.2) is 0 Å². The number of carbonyl (C=O) groups excluding carboxylic acids is 1. The highest BCUT2D eigenvalue weighted by atomic mass is 16.8. The van der Waals surface area contributed by atoms with Crippen LogP contribution in [0.4, 0.5) is 5.69 Å². The van der Waals surface area contributed by atoms with Crippen molar-refractivity contribution in [3.8, 4) is 0 Å². The number of esters is 1. The zero-order chi connectivity index (χ0) is 20.1. The molecule has 0 saturated carbocycles. The molecule has 1 atom stereocenters. The van der Waals surface area contributed by atoms with Crippen LogP contribution in [0.5, 0.6) is 0 Å². The van der Waals surface area contributed by atoms with E-state index in [2.05, 4.69) is 5.32 Å². The zero-order valence-electron chi connectivity index (χ0n) is 15.1. The summed E-state index contributed by atoms with van der Waals surface area (Å²) in [4.78, 5) is 12.6. The van der Waals surface area contributed by atoms with Gasteiger partial charge in [-0.05, 0) is 31.5 Å². The molecule has 3 N–H and O–H groups in total. The number of benzene rings is 1. The molecule has 0 aliphatic carbocycles. The van der Waals surface area contributed by atoms with Crippen LogP contribution in [0.25, 0.3) is 0 Å². The smallest absolute Gasteiger partial charge is 0.336 e. The number of methoxy groups -OCH3 is 1. The minimum Gasteiger partial charge on any atom is -0.734 e. The summed E-state index contributed by atoms with van der Waals surface area (Å²) in [5.41, 5.74) is 0.964. The molecule has 2 rings (SSSR count). The molecule has 1 heterocycles. The zero-order valence-corrected chi connectivity index (χ0v) is 15.1. The predicted octanol–water partition coefficient (Wildman–Crippen LogP) is 1.95. The molecule has 0 bridgehead atoms. The van der Waals surface area contributed by atoms with Crippen LogP contribution in [0, 0.1) is 10.4 Å². The van der Waals surface area contributed by atoms with Gasteiger partial charge in [0.1, 0.15) is 6.61 Å². The van der Waals surface area contributed by atoms with Gasteiger partial charge in [0.2, 0.25) is 0 Å². The lowest BCUT2D eigenvalue weighted by molar-refractivity contribution is -0.140. The number of hydrogen-bond donors (Lipinski definition) is 3. The quantitative estimate of drug-likeness (QED) is 0.366. The number of ether oxygens (including phenoxy) is 2. The molecule has 1 unspecified atom stereocenters. The molecule has 1 aromatic rings. The van der Waals surface area contributed by atoms with Gasteiger partial charge in [0, 0.05) is 18.5 Å². The Morgan fingerprint density at radius 2 is 1.89 bits per heavy atom. The van der Waals surface area contributed by atoms with Gasteiger partial charge in [0.05, 0.1) is 29.5 Å². The van der Waals surface area contributed by atoms with Crippen molar-refractivity contribution >= 4 is 11.7 Å². The molecular weight excluding hydrogens is 358 g/mol. The van der Waals surface area contributed by atoms with E-state index in [0.717, 1.165) is 0 Å². The fourth-order valence-corrected chi connectivity index (χ4v) is 2.95. The van der Waals surface area contributed by atoms with E-state index in [1.165, 1.54) is 25.3 Å². The van der Waals surface area contributed by atoms with Gasteiger partial charge in [-0.2, -0.15) is 0 Å². The van der Waals surface area contributed by atoms with Gasteiger partial charge >= 0.3 is 5.97 Å². The van der Waals surface area contributed by atoms with Crippen LogP contribution < -0.4 is 10.5 Å². The fourth-order valence-electron chi connectivity index (χ4n) is 2.95. The van der Waals surface area contributed by atoms with Crippen molar-refractivity contribution in [1.29, 1.82) is 0 Å². The van der Waals surface area contributed by atoms with Gasteiger partial charge in [-0.15, -0.1) is 0 Å². The Balaban J connectivity index is 2.54. The van der Waals surface area contributed by atoms with Crippen LogP contribution in [0.2, 0.25) is 0 Å². The minimum atomic E-state index is -1.01. The maximum atomic E-state index is 12.6. The molecule has 148 valence electrons. The lowest BCUT2D eigenvalue weighted by Crippen LogP contribution is -2.34. The Morgan fingerprint density at radius 3 is 2.48 bits per heavy atom. The van der Waals surface area contributed by atoms with Crippen LogP contribution in [0.15, 0.2) is 46.9 Å². The van der Waals surface area contributed by atoms with E-state index < -0.39 is 11.9 Å². The maximum absolute atomic E-state index is 12.6. The molecule has 0 fully saturated rings. The molecule has 0 aromatic heterocycles. The molecule has 0 saturated heterocycles. The van der Waals surface area contributed by atoms with E-state index >= 15 is 0 Å². The van der Waals surface area contributed by atoms with Gasteiger partial charge in [-0.3, -0.25) is 10.4 Å². The summed E-state index contributed by atoms with van der Waals surface area (Å²) >= 11 is 0. The van der Waals surface area contributed by atoms with E-state index in [0.29, 0.717) is 17.0 Å². The Labute approximate surface area is 156 Å². The topological polar surface area (TPSA) is 141 Å². The first-order valence-corrected chi connectivity index (χ1v) is 8.04. The second-order valence-corrected chi connectivity index (χ2v) is 5.88. The van der Waals surface area contributed by atoms with Gasteiger partial charge in [0.25, 0.3) is 0 Å². The third kappa shape index (κ3) is 4.56. The third-order valence-electron chi connectivity index (χ3n) is 4.10. The van der Waals surface area contributed by atoms with Crippen molar-refractivity contribution in [2.75, 3.05) is 25.6 Å². The van der Waals surface area contributed by atoms with Crippen molar-refractivity contribution in [1.82, 2.24) is 10.5 Å². The van der Waals surface area contributed by atoms with Crippen molar-refractivity contribution in [3.63, 3.8) is 0 Å². The summed E-state index contributed by atoms with van der Waals surface area (Å²) in [6, 6.07) is 5.72. The lowest BCUT2D eigenvalue weighted by atomic mass is 9.84. The van der Waals surface area contributed by atoms with E-state index in [4.69, 9.17) is 14.7 Å². The molecular formula is C17H21N3O7-2. The molecule has 27 heavy (non-hydrogen) atoms. The summed E-state index contributed by atoms with van der Waals surface area (Å²) < 4.78 is 10.0. The average molecular weight is 379 g/mol. The normalized spacial score (nSPS) is 16.9. The highest BCUT2D eigenvalue weighted by Crippen LogP contribution is 2.40. The van der Waals surface area contributed by atoms with Crippen molar-refractivity contribution in [2.24, 2.45) is 0 Å². The number of nitrogens with zero attached hydrogens (tertiary/aromatic N) is 2. The Hall–Kier alpha value is -2.63. The SMILES string of the molecule is COCCOC(=O)C1=C(C)NC(C)=C(N([O-])O)C1c1cccc(N([O-])O)c1. The number of carbonyl (C=O) groups is 1. The summed E-state index contributed by atoms with van der Waals surface area (Å²) in [7, 11) is 1.46. The second-order valence-electron chi connectivity index (χ2n) is 5.88. The highest BCUT2D eigenvalue weighted by Gasteiger charge is 2.35. The summed E-state index contributed by atoms with van der Waals surface area (Å²) in [5.74, 6) is -1.72. The highest BCUT2D eigenvalue weighted by molar-refractivity contribution is 5.92. The molecule has 10 heteroatoms. The first-order chi connectivity index (χ1) is 12.8. The van der Waals surface area contributed by atoms with E-state index in [-0.39, 0.29) is 40.6 Å². The standard InChI is InChI=1S/C17H21N3O7/c1-10-14(17(21)27-8-7-26-3)15(16(20(24)25)11(2)18-10)12-5-4-6-13(9-12)19(22)23/h4-6,9,15,18,22,24H,7-8H2,1-3H3/q-2. The van der Waals surface area contributed by atoms with Crippen molar-refractivity contribution in [2.45, 2.75) is 19.8 Å². The van der Waals surface area contributed by atoms with Crippen molar-refractivity contribution in [3.05, 3.63) is 62.9 Å². The van der Waals surface area contributed by atoms with Crippen LogP contribution in [-0.4, -0.2) is 41.9 Å². The Morgan fingerprint density at radius 1 is 1.19 bits per heavy atom. The van der Waals surface area contributed by atoms with Crippen LogP contribution >= 0.6 is 0 Å². The number of dihydropyridines is 1. The predicted molar refractivity (Wildman–Crippen MR) is 95.2 cm³/mol. The van der Waals surface area contributed by atoms with Crippen LogP contribution in [0.3, 0.4) is 0 Å². The van der Waals surface area contributed by atoms with Gasteiger partial charge in [-0.25, -0.2) is 4.79 Å². The Bertz CT molecular complexity index is 759. The first-order valence-electron chi connectivity index (χ1n) is 8.04. The van der Waals surface area contributed by atoms with Gasteiger partial charge in [-0.1, -0.05) is 12.1 Å². The van der Waals surface area contributed by atoms with Crippen LogP contribution in [-0.2, 0) is 14.3 Å². The molecule has 0 spiro atoms. The first kappa shape index (κ1) is 20.7. The van der Waals surface area contributed by atoms with Gasteiger partial charge < -0.3 is 35.7 Å². The minimum absolute atomic E-state index is 0.00208. The fraction of sp³-hybridized carbons (Fsp3) is 0.353. The Kier molecular flexibility index (Phi) is 6.77. The molecule has 0 radical (unpaired) electrons. The number of nitrogens with one attached hydrogen (secondary N) is 1. The van der Waals surface area contributed by atoms with E-state index in [9.17, 15) is 20.4 Å². The number of allylic oxidation sites excluding steroid dienone is 3. The molecule has 0 amide bonds. The largest absolute Gasteiger partial charge is 0.734 e. The lowest BCUT2D eigenvalue weighted by Gasteiger charge is -2.38. The molecule has 1 aromatic carbocycles.